The van der Waals surface area contributed by atoms with Gasteiger partial charge in [-0.05, 0) is 74.1 Å². The van der Waals surface area contributed by atoms with Crippen LogP contribution in [0, 0.1) is 0 Å². The van der Waals surface area contributed by atoms with Crippen molar-refractivity contribution in [3.63, 3.8) is 0 Å². The second-order valence-corrected chi connectivity index (χ2v) is 10.1. The van der Waals surface area contributed by atoms with Crippen molar-refractivity contribution in [3.8, 4) is 11.5 Å². The third kappa shape index (κ3) is 10.3. The normalized spacial score (nSPS) is 13.9. The van der Waals surface area contributed by atoms with Gasteiger partial charge in [0.1, 0.15) is 11.5 Å². The first-order valence-corrected chi connectivity index (χ1v) is 14.3. The molecule has 0 radical (unpaired) electrons. The Morgan fingerprint density at radius 1 is 0.895 bits per heavy atom. The number of benzene rings is 2. The second-order valence-electron chi connectivity index (χ2n) is 9.64. The summed E-state index contributed by atoms with van der Waals surface area (Å²) in [6, 6.07) is 12.1. The van der Waals surface area contributed by atoms with Gasteiger partial charge in [-0.2, -0.15) is 0 Å². The molecule has 1 aliphatic heterocycles. The minimum Gasteiger partial charge on any atom is -0.452 e. The monoisotopic (exact) mass is 534 g/mol. The average molecular weight is 535 g/mol. The molecule has 0 unspecified atom stereocenters. The van der Waals surface area contributed by atoms with Crippen LogP contribution in [-0.4, -0.2) is 11.8 Å². The van der Waals surface area contributed by atoms with E-state index >= 15 is 0 Å². The van der Waals surface area contributed by atoms with Crippen molar-refractivity contribution in [2.75, 3.05) is 0 Å². The van der Waals surface area contributed by atoms with Gasteiger partial charge in [0.25, 0.3) is 0 Å². The summed E-state index contributed by atoms with van der Waals surface area (Å²) in [5.41, 5.74) is 1.17. The van der Waals surface area contributed by atoms with Gasteiger partial charge >= 0.3 is 5.97 Å². The predicted octanol–water partition coefficient (Wildman–Crippen LogP) is 9.68. The summed E-state index contributed by atoms with van der Waals surface area (Å²) in [7, 11) is 0. The molecule has 38 heavy (non-hydrogen) atoms. The van der Waals surface area contributed by atoms with Crippen LogP contribution in [0.4, 0.5) is 0 Å². The van der Waals surface area contributed by atoms with Crippen molar-refractivity contribution in [1.29, 1.82) is 0 Å². The zero-order chi connectivity index (χ0) is 27.0. The summed E-state index contributed by atoms with van der Waals surface area (Å²) in [4.78, 5) is 25.1. The van der Waals surface area contributed by atoms with Crippen molar-refractivity contribution in [2.45, 2.75) is 84.0 Å². The number of carbonyl (C=O) groups excluding carboxylic acids is 2. The number of rotatable bonds is 16. The van der Waals surface area contributed by atoms with Gasteiger partial charge in [0.15, 0.2) is 5.76 Å². The number of halogens is 1. The van der Waals surface area contributed by atoms with Crippen molar-refractivity contribution < 1.29 is 19.1 Å². The maximum absolute atomic E-state index is 12.8. The highest BCUT2D eigenvalue weighted by Gasteiger charge is 2.28. The molecule has 3 rings (SSSR count). The van der Waals surface area contributed by atoms with Gasteiger partial charge in [-0.15, -0.1) is 0 Å². The van der Waals surface area contributed by atoms with Crippen molar-refractivity contribution >= 4 is 29.4 Å². The number of esters is 1. The van der Waals surface area contributed by atoms with Crippen LogP contribution < -0.4 is 9.47 Å². The highest BCUT2D eigenvalue weighted by atomic mass is 35.5. The molecule has 0 saturated carbocycles. The lowest BCUT2D eigenvalue weighted by molar-refractivity contribution is -0.134. The molecule has 2 aromatic carbocycles. The van der Waals surface area contributed by atoms with E-state index in [0.29, 0.717) is 28.5 Å². The number of ketones is 1. The number of Topliss-reactive ketones (excluding diaryl/α,β-unsaturated/α-hetero) is 1. The van der Waals surface area contributed by atoms with Crippen molar-refractivity contribution in [1.82, 2.24) is 0 Å². The zero-order valence-electron chi connectivity index (χ0n) is 22.4. The lowest BCUT2D eigenvalue weighted by Crippen LogP contribution is -2.07. The van der Waals surface area contributed by atoms with Crippen LogP contribution in [0.5, 0.6) is 11.5 Å². The molecule has 0 aliphatic carbocycles. The smallest absolute Gasteiger partial charge is 0.311 e. The Labute approximate surface area is 232 Å². The fourth-order valence-electron chi connectivity index (χ4n) is 4.26. The van der Waals surface area contributed by atoms with Gasteiger partial charge in [-0.3, -0.25) is 9.59 Å². The van der Waals surface area contributed by atoms with Crippen LogP contribution in [0.3, 0.4) is 0 Å². The fourth-order valence-corrected chi connectivity index (χ4v) is 4.46. The molecule has 1 aliphatic rings. The van der Waals surface area contributed by atoms with Gasteiger partial charge in [0.05, 0.1) is 5.56 Å². The Hall–Kier alpha value is -3.11. The van der Waals surface area contributed by atoms with E-state index in [0.717, 1.165) is 31.2 Å². The Bertz CT molecular complexity index is 1150. The van der Waals surface area contributed by atoms with Crippen LogP contribution in [-0.2, 0) is 4.79 Å². The lowest BCUT2D eigenvalue weighted by Gasteiger charge is -2.05. The van der Waals surface area contributed by atoms with Crippen molar-refractivity contribution in [2.24, 2.45) is 0 Å². The van der Waals surface area contributed by atoms with E-state index in [4.69, 9.17) is 21.1 Å². The number of hydrogen-bond donors (Lipinski definition) is 0. The highest BCUT2D eigenvalue weighted by Crippen LogP contribution is 2.34. The molecular formula is C33H39ClO4. The molecule has 202 valence electrons. The van der Waals surface area contributed by atoms with E-state index in [2.05, 4.69) is 31.2 Å². The first kappa shape index (κ1) is 29.4. The Balaban J connectivity index is 1.29. The summed E-state index contributed by atoms with van der Waals surface area (Å²) < 4.78 is 11.2. The maximum Gasteiger partial charge on any atom is 0.311 e. The number of allylic oxidation sites excluding steroid dienone is 5. The molecule has 0 spiro atoms. The third-order valence-electron chi connectivity index (χ3n) is 6.38. The van der Waals surface area contributed by atoms with E-state index < -0.39 is 0 Å². The SMILES string of the molecule is CCCCC/C=C\C=C\CCCCCCCCC(=O)Oc1ccc2c(c1)C(=O)/C(=C/c1cccc(Cl)c1)O2. The molecule has 0 N–H and O–H groups in total. The van der Waals surface area contributed by atoms with Crippen LogP contribution in [0.2, 0.25) is 5.02 Å². The van der Waals surface area contributed by atoms with Gasteiger partial charge in [-0.25, -0.2) is 0 Å². The van der Waals surface area contributed by atoms with Crippen LogP contribution in [0.25, 0.3) is 6.08 Å². The number of ether oxygens (including phenoxy) is 2. The van der Waals surface area contributed by atoms with Crippen LogP contribution >= 0.6 is 11.6 Å². The first-order valence-electron chi connectivity index (χ1n) is 13.9. The van der Waals surface area contributed by atoms with Crippen LogP contribution in [0.1, 0.15) is 99.9 Å². The molecule has 0 amide bonds. The summed E-state index contributed by atoms with van der Waals surface area (Å²) in [5.74, 6) is 0.513. The molecule has 0 saturated heterocycles. The molecule has 2 aromatic rings. The van der Waals surface area contributed by atoms with E-state index in [1.54, 1.807) is 36.4 Å². The molecule has 0 aromatic heterocycles. The van der Waals surface area contributed by atoms with E-state index in [1.807, 2.05) is 12.1 Å². The van der Waals surface area contributed by atoms with E-state index in [1.165, 1.54) is 44.9 Å². The number of unbranched alkanes of at least 4 members (excludes halogenated alkanes) is 9. The topological polar surface area (TPSA) is 52.6 Å². The molecular weight excluding hydrogens is 496 g/mol. The number of hydrogen-bond acceptors (Lipinski definition) is 4. The maximum atomic E-state index is 12.8. The Morgan fingerprint density at radius 2 is 1.61 bits per heavy atom. The number of fused-ring (bicyclic) bond motifs is 1. The minimum absolute atomic E-state index is 0.219. The first-order chi connectivity index (χ1) is 18.6. The molecule has 5 heteroatoms. The van der Waals surface area contributed by atoms with Gasteiger partial charge < -0.3 is 9.47 Å². The minimum atomic E-state index is -0.279. The third-order valence-corrected chi connectivity index (χ3v) is 6.61. The van der Waals surface area contributed by atoms with Crippen molar-refractivity contribution in [3.05, 3.63) is 88.7 Å². The Morgan fingerprint density at radius 3 is 2.34 bits per heavy atom. The second kappa shape index (κ2) is 16.7. The lowest BCUT2D eigenvalue weighted by atomic mass is 10.1. The summed E-state index contributed by atoms with van der Waals surface area (Å²) in [5, 5.41) is 0.584. The summed E-state index contributed by atoms with van der Waals surface area (Å²) in [6.45, 7) is 2.23. The summed E-state index contributed by atoms with van der Waals surface area (Å²) >= 11 is 6.02. The Kier molecular flexibility index (Phi) is 12.9. The summed E-state index contributed by atoms with van der Waals surface area (Å²) in [6.07, 6.45) is 23.6. The van der Waals surface area contributed by atoms with E-state index in [-0.39, 0.29) is 17.5 Å². The highest BCUT2D eigenvalue weighted by molar-refractivity contribution is 6.30. The average Bonchev–Trinajstić information content (AvgIpc) is 3.20. The van der Waals surface area contributed by atoms with Crippen LogP contribution in [0.15, 0.2) is 72.5 Å². The van der Waals surface area contributed by atoms with Gasteiger partial charge in [0.2, 0.25) is 5.78 Å². The largest absolute Gasteiger partial charge is 0.452 e. The predicted molar refractivity (Wildman–Crippen MR) is 156 cm³/mol. The molecule has 0 fully saturated rings. The standard InChI is InChI=1S/C33H39ClO4/c1-2-3-4-5-6-7-8-9-10-11-12-13-14-15-16-20-32(35)37-28-21-22-30-29(25-28)33(36)31(38-30)24-26-18-17-19-27(34)23-26/h6-9,17-19,21-25H,2-5,10-16,20H2,1H3/b7-6-,9-8+,31-24-. The van der Waals surface area contributed by atoms with E-state index in [9.17, 15) is 9.59 Å². The molecule has 0 bridgehead atoms. The zero-order valence-corrected chi connectivity index (χ0v) is 23.2. The molecule has 4 nitrogen and oxygen atoms in total. The quantitative estimate of drug-likeness (QED) is 0.0706. The van der Waals surface area contributed by atoms with Gasteiger partial charge in [-0.1, -0.05) is 93.5 Å². The van der Waals surface area contributed by atoms with Gasteiger partial charge in [0, 0.05) is 11.4 Å². The number of carbonyl (C=O) groups is 2. The molecule has 1 heterocycles. The fraction of sp³-hybridized carbons (Fsp3) is 0.394. The molecule has 0 atom stereocenters.